The fourth-order valence-electron chi connectivity index (χ4n) is 5.35. The standard InChI is InChI=1S/C36H30F18O6/c37-31(38,39)1-7-55-25-13-19-20(14-26(25)56-8-2-32(40,41)42)22-16-28(58-10-4-34(46,47)48)30(60-12-6-36(52,53)54)18-24(22)23-17-29(59-11-5-35(49,50)51)27(15-21(19)23)57-9-3-33(43,44)45/h13-18H,1-12H2. The van der Waals surface area contributed by atoms with Crippen LogP contribution in [-0.4, -0.2) is 76.7 Å². The summed E-state index contributed by atoms with van der Waals surface area (Å²) in [6.07, 6.45) is -38.3. The third-order valence-electron chi connectivity index (χ3n) is 7.98. The van der Waals surface area contributed by atoms with Crippen LogP contribution < -0.4 is 28.4 Å². The Morgan fingerprint density at radius 2 is 0.350 bits per heavy atom. The van der Waals surface area contributed by atoms with Crippen molar-refractivity contribution in [3.63, 3.8) is 0 Å². The summed E-state index contributed by atoms with van der Waals surface area (Å²) in [4.78, 5) is 0. The average molecular weight is 901 g/mol. The van der Waals surface area contributed by atoms with Crippen molar-refractivity contribution in [2.75, 3.05) is 39.6 Å². The summed E-state index contributed by atoms with van der Waals surface area (Å²) < 4.78 is 267. The molecule has 0 N–H and O–H groups in total. The minimum absolute atomic E-state index is 0.169. The minimum Gasteiger partial charge on any atom is -0.489 e. The number of benzene rings is 4. The van der Waals surface area contributed by atoms with E-state index in [1.54, 1.807) is 0 Å². The molecule has 0 atom stereocenters. The molecule has 0 bridgehead atoms. The van der Waals surface area contributed by atoms with E-state index < -0.39 is 150 Å². The highest BCUT2D eigenvalue weighted by atomic mass is 19.4. The molecule has 0 radical (unpaired) electrons. The van der Waals surface area contributed by atoms with Gasteiger partial charge < -0.3 is 28.4 Å². The summed E-state index contributed by atoms with van der Waals surface area (Å²) in [5.41, 5.74) is 0. The van der Waals surface area contributed by atoms with Crippen LogP contribution >= 0.6 is 0 Å². The molecule has 0 spiro atoms. The Bertz CT molecular complexity index is 1660. The number of fused-ring (bicyclic) bond motifs is 6. The summed E-state index contributed by atoms with van der Waals surface area (Å²) >= 11 is 0. The molecule has 0 saturated carbocycles. The molecule has 0 amide bonds. The van der Waals surface area contributed by atoms with Crippen molar-refractivity contribution in [2.24, 2.45) is 0 Å². The highest BCUT2D eigenvalue weighted by Gasteiger charge is 2.32. The van der Waals surface area contributed by atoms with Crippen LogP contribution in [0.2, 0.25) is 0 Å². The van der Waals surface area contributed by atoms with E-state index in [0.717, 1.165) is 36.4 Å². The van der Waals surface area contributed by atoms with Gasteiger partial charge >= 0.3 is 37.1 Å². The Balaban J connectivity index is 2.08. The topological polar surface area (TPSA) is 55.4 Å². The van der Waals surface area contributed by atoms with Gasteiger partial charge in [0.1, 0.15) is 0 Å². The van der Waals surface area contributed by atoms with Crippen molar-refractivity contribution >= 4 is 32.3 Å². The molecule has 0 aliphatic heterocycles. The quantitative estimate of drug-likeness (QED) is 0.0732. The van der Waals surface area contributed by atoms with Crippen LogP contribution in [0.3, 0.4) is 0 Å². The highest BCUT2D eigenvalue weighted by Crippen LogP contribution is 2.48. The molecule has 4 aromatic rings. The number of hydrogen-bond donors (Lipinski definition) is 0. The van der Waals surface area contributed by atoms with E-state index in [9.17, 15) is 79.0 Å². The first-order valence-electron chi connectivity index (χ1n) is 17.2. The van der Waals surface area contributed by atoms with Crippen LogP contribution in [0.4, 0.5) is 79.0 Å². The van der Waals surface area contributed by atoms with Gasteiger partial charge in [0.05, 0.1) is 78.2 Å². The third kappa shape index (κ3) is 15.3. The normalized spacial score (nSPS) is 13.3. The lowest BCUT2D eigenvalue weighted by Crippen LogP contribution is -2.15. The molecular formula is C36H30F18O6. The maximum atomic E-state index is 13.1. The van der Waals surface area contributed by atoms with Crippen molar-refractivity contribution in [2.45, 2.75) is 75.6 Å². The van der Waals surface area contributed by atoms with Crippen molar-refractivity contribution in [1.29, 1.82) is 0 Å². The van der Waals surface area contributed by atoms with Crippen LogP contribution in [-0.2, 0) is 0 Å². The number of alkyl halides is 18. The van der Waals surface area contributed by atoms with E-state index in [1.165, 1.54) is 0 Å². The molecule has 0 aliphatic rings. The van der Waals surface area contributed by atoms with Gasteiger partial charge in [-0.1, -0.05) is 0 Å². The summed E-state index contributed by atoms with van der Waals surface area (Å²) in [6, 6.07) is 5.65. The van der Waals surface area contributed by atoms with Crippen molar-refractivity contribution in [3.8, 4) is 34.5 Å². The van der Waals surface area contributed by atoms with Gasteiger partial charge in [-0.25, -0.2) is 0 Å². The van der Waals surface area contributed by atoms with E-state index in [2.05, 4.69) is 0 Å². The number of rotatable bonds is 18. The van der Waals surface area contributed by atoms with Crippen LogP contribution in [0.15, 0.2) is 36.4 Å². The largest absolute Gasteiger partial charge is 0.489 e. The monoisotopic (exact) mass is 900 g/mol. The van der Waals surface area contributed by atoms with E-state index in [1.807, 2.05) is 0 Å². The third-order valence-corrected chi connectivity index (χ3v) is 7.98. The predicted octanol–water partition coefficient (Wildman–Crippen LogP) is 13.1. The molecule has 4 rings (SSSR count). The maximum Gasteiger partial charge on any atom is 0.392 e. The molecule has 0 aliphatic carbocycles. The van der Waals surface area contributed by atoms with Gasteiger partial charge in [0.15, 0.2) is 34.5 Å². The maximum absolute atomic E-state index is 13.1. The van der Waals surface area contributed by atoms with E-state index in [4.69, 9.17) is 28.4 Å². The zero-order valence-electron chi connectivity index (χ0n) is 30.2. The Morgan fingerprint density at radius 3 is 0.450 bits per heavy atom. The first-order chi connectivity index (χ1) is 27.5. The highest BCUT2D eigenvalue weighted by molar-refractivity contribution is 6.26. The Labute approximate surface area is 326 Å². The zero-order valence-corrected chi connectivity index (χ0v) is 30.2. The summed E-state index contributed by atoms with van der Waals surface area (Å²) in [6.45, 7) is -6.78. The summed E-state index contributed by atoms with van der Waals surface area (Å²) in [5.74, 6) is -3.70. The molecule has 0 fully saturated rings. The Morgan fingerprint density at radius 1 is 0.233 bits per heavy atom. The lowest BCUT2D eigenvalue weighted by molar-refractivity contribution is -0.141. The van der Waals surface area contributed by atoms with Gasteiger partial charge in [0, 0.05) is 0 Å². The molecule has 0 saturated heterocycles. The summed E-state index contributed by atoms with van der Waals surface area (Å²) in [5, 5.41) is -1.02. The molecule has 0 aromatic heterocycles. The summed E-state index contributed by atoms with van der Waals surface area (Å²) in [7, 11) is 0. The fraction of sp³-hybridized carbons (Fsp3) is 0.500. The van der Waals surface area contributed by atoms with Gasteiger partial charge in [0.25, 0.3) is 0 Å². The number of ether oxygens (including phenoxy) is 6. The smallest absolute Gasteiger partial charge is 0.392 e. The first-order valence-corrected chi connectivity index (χ1v) is 17.2. The lowest BCUT2D eigenvalue weighted by atomic mass is 9.93. The molecule has 336 valence electrons. The molecule has 4 aromatic carbocycles. The van der Waals surface area contributed by atoms with Crippen molar-refractivity contribution in [1.82, 2.24) is 0 Å². The van der Waals surface area contributed by atoms with Gasteiger partial charge in [-0.15, -0.1) is 0 Å². The number of hydrogen-bond acceptors (Lipinski definition) is 6. The first kappa shape index (κ1) is 47.9. The SMILES string of the molecule is FC(F)(F)CCOc1cc2c3cc(OCCC(F)(F)F)c(OCCC(F)(F)F)cc3c3cc(OCCC(F)(F)F)c(OCCC(F)(F)F)cc3c2cc1OCCC(F)(F)F. The zero-order chi connectivity index (χ0) is 44.9. The molecular weight excluding hydrogens is 870 g/mol. The lowest BCUT2D eigenvalue weighted by Gasteiger charge is -2.21. The molecule has 0 heterocycles. The molecule has 6 nitrogen and oxygen atoms in total. The van der Waals surface area contributed by atoms with Crippen LogP contribution in [0, 0.1) is 0 Å². The van der Waals surface area contributed by atoms with Crippen LogP contribution in [0.25, 0.3) is 32.3 Å². The van der Waals surface area contributed by atoms with Gasteiger partial charge in [-0.3, -0.25) is 0 Å². The minimum atomic E-state index is -4.80. The van der Waals surface area contributed by atoms with Gasteiger partial charge in [-0.05, 0) is 68.7 Å². The second-order valence-electron chi connectivity index (χ2n) is 12.8. The molecule has 0 unspecified atom stereocenters. The van der Waals surface area contributed by atoms with Gasteiger partial charge in [0.2, 0.25) is 0 Å². The average Bonchev–Trinajstić information content (AvgIpc) is 3.06. The van der Waals surface area contributed by atoms with E-state index >= 15 is 0 Å². The second kappa shape index (κ2) is 18.4. The van der Waals surface area contributed by atoms with E-state index in [0.29, 0.717) is 0 Å². The fourth-order valence-corrected chi connectivity index (χ4v) is 5.35. The molecule has 60 heavy (non-hydrogen) atoms. The second-order valence-corrected chi connectivity index (χ2v) is 12.8. The van der Waals surface area contributed by atoms with Crippen LogP contribution in [0.5, 0.6) is 34.5 Å². The van der Waals surface area contributed by atoms with Crippen molar-refractivity contribution in [3.05, 3.63) is 36.4 Å². The van der Waals surface area contributed by atoms with Gasteiger partial charge in [-0.2, -0.15) is 79.0 Å². The Hall–Kier alpha value is -4.80. The Kier molecular flexibility index (Phi) is 14.7. The molecule has 24 heteroatoms. The number of halogens is 18. The van der Waals surface area contributed by atoms with Crippen LogP contribution in [0.1, 0.15) is 38.5 Å². The van der Waals surface area contributed by atoms with E-state index in [-0.39, 0.29) is 32.3 Å². The van der Waals surface area contributed by atoms with Crippen molar-refractivity contribution < 1.29 is 107 Å². The predicted molar refractivity (Wildman–Crippen MR) is 176 cm³/mol.